The first kappa shape index (κ1) is 17.1. The van der Waals surface area contributed by atoms with Crippen molar-refractivity contribution < 1.29 is 9.47 Å². The number of rotatable bonds is 3. The van der Waals surface area contributed by atoms with Gasteiger partial charge in [0.25, 0.3) is 0 Å². The number of hydrogen-bond donors (Lipinski definition) is 0. The lowest BCUT2D eigenvalue weighted by Gasteiger charge is -2.61. The summed E-state index contributed by atoms with van der Waals surface area (Å²) in [7, 11) is 1.78. The quantitative estimate of drug-likeness (QED) is 0.812. The molecule has 3 fully saturated rings. The van der Waals surface area contributed by atoms with Crippen molar-refractivity contribution in [3.63, 3.8) is 0 Å². The number of likely N-dealkylation sites (tertiary alicyclic amines) is 1. The lowest BCUT2D eigenvalue weighted by molar-refractivity contribution is -0.157. The third-order valence-electron chi connectivity index (χ3n) is 7.92. The number of hydrogen-bond acceptors (Lipinski definition) is 3. The van der Waals surface area contributed by atoms with Crippen molar-refractivity contribution in [2.24, 2.45) is 11.8 Å². The van der Waals surface area contributed by atoms with Gasteiger partial charge in [0.15, 0.2) is 0 Å². The first-order chi connectivity index (χ1) is 12.5. The first-order valence-corrected chi connectivity index (χ1v) is 10.6. The highest BCUT2D eigenvalue weighted by molar-refractivity contribution is 5.46. The zero-order valence-electron chi connectivity index (χ0n) is 16.6. The molecule has 3 nitrogen and oxygen atoms in total. The molecule has 3 atom stereocenters. The summed E-state index contributed by atoms with van der Waals surface area (Å²) in [5.41, 5.74) is 3.26. The molecular formula is C23H33NO2. The van der Waals surface area contributed by atoms with Gasteiger partial charge in [-0.25, -0.2) is 0 Å². The summed E-state index contributed by atoms with van der Waals surface area (Å²) in [6.45, 7) is 8.00. The van der Waals surface area contributed by atoms with Crippen LogP contribution in [-0.4, -0.2) is 43.3 Å². The van der Waals surface area contributed by atoms with Gasteiger partial charge in [0, 0.05) is 18.0 Å². The van der Waals surface area contributed by atoms with Gasteiger partial charge in [-0.15, -0.1) is 0 Å². The van der Waals surface area contributed by atoms with E-state index >= 15 is 0 Å². The molecule has 3 heteroatoms. The Hall–Kier alpha value is -1.06. The number of piperidine rings is 1. The molecule has 4 aliphatic rings. The lowest BCUT2D eigenvalue weighted by Crippen LogP contribution is -2.66. The highest BCUT2D eigenvalue weighted by Crippen LogP contribution is 2.55. The maximum absolute atomic E-state index is 6.43. The van der Waals surface area contributed by atoms with Gasteiger partial charge < -0.3 is 9.47 Å². The van der Waals surface area contributed by atoms with Crippen LogP contribution in [0, 0.1) is 11.8 Å². The van der Waals surface area contributed by atoms with Gasteiger partial charge in [0.1, 0.15) is 5.75 Å². The van der Waals surface area contributed by atoms with E-state index in [-0.39, 0.29) is 11.0 Å². The van der Waals surface area contributed by atoms with E-state index in [9.17, 15) is 0 Å². The van der Waals surface area contributed by atoms with Crippen LogP contribution in [0.15, 0.2) is 18.2 Å². The van der Waals surface area contributed by atoms with Crippen molar-refractivity contribution in [1.82, 2.24) is 4.90 Å². The van der Waals surface area contributed by atoms with Crippen molar-refractivity contribution in [2.75, 3.05) is 26.8 Å². The molecule has 26 heavy (non-hydrogen) atoms. The Morgan fingerprint density at radius 2 is 2.12 bits per heavy atom. The molecule has 0 amide bonds. The highest BCUT2D eigenvalue weighted by atomic mass is 16.5. The molecule has 1 aromatic rings. The molecule has 2 aliphatic carbocycles. The molecule has 1 saturated carbocycles. The predicted octanol–water partition coefficient (Wildman–Crippen LogP) is 4.18. The molecule has 0 radical (unpaired) electrons. The zero-order chi connectivity index (χ0) is 17.9. The Kier molecular flexibility index (Phi) is 3.92. The van der Waals surface area contributed by atoms with Crippen molar-refractivity contribution >= 4 is 0 Å². The van der Waals surface area contributed by atoms with Crippen LogP contribution in [-0.2, 0) is 16.6 Å². The average Bonchev–Trinajstić information content (AvgIpc) is 2.58. The topological polar surface area (TPSA) is 21.7 Å². The molecule has 0 aromatic heterocycles. The fourth-order valence-electron chi connectivity index (χ4n) is 6.21. The van der Waals surface area contributed by atoms with E-state index in [4.69, 9.17) is 9.47 Å². The van der Waals surface area contributed by atoms with Gasteiger partial charge in [0.05, 0.1) is 19.3 Å². The maximum atomic E-state index is 6.43. The van der Waals surface area contributed by atoms with Gasteiger partial charge in [-0.05, 0) is 87.6 Å². The fourth-order valence-corrected chi connectivity index (χ4v) is 6.21. The Morgan fingerprint density at radius 3 is 2.85 bits per heavy atom. The second kappa shape index (κ2) is 5.97. The predicted molar refractivity (Wildman–Crippen MR) is 104 cm³/mol. The largest absolute Gasteiger partial charge is 0.497 e. The van der Waals surface area contributed by atoms with Crippen LogP contribution in [0.2, 0.25) is 0 Å². The first-order valence-electron chi connectivity index (χ1n) is 10.6. The van der Waals surface area contributed by atoms with Crippen molar-refractivity contribution in [3.8, 4) is 5.75 Å². The van der Waals surface area contributed by atoms with Crippen LogP contribution in [0.25, 0.3) is 0 Å². The lowest BCUT2D eigenvalue weighted by atomic mass is 9.54. The monoisotopic (exact) mass is 355 g/mol. The normalized spacial score (nSPS) is 36.0. The van der Waals surface area contributed by atoms with E-state index in [0.29, 0.717) is 12.0 Å². The smallest absolute Gasteiger partial charge is 0.119 e. The number of methoxy groups -OCH3 is 1. The molecule has 0 unspecified atom stereocenters. The molecule has 0 spiro atoms. The molecule has 142 valence electrons. The Morgan fingerprint density at radius 1 is 1.27 bits per heavy atom. The second-order valence-corrected chi connectivity index (χ2v) is 9.85. The van der Waals surface area contributed by atoms with Gasteiger partial charge >= 0.3 is 0 Å². The molecule has 2 heterocycles. The summed E-state index contributed by atoms with van der Waals surface area (Å²) in [6.07, 6.45) is 7.95. The maximum Gasteiger partial charge on any atom is 0.119 e. The van der Waals surface area contributed by atoms with Crippen LogP contribution in [0.3, 0.4) is 0 Å². The number of ether oxygens (including phenoxy) is 2. The number of benzene rings is 1. The third kappa shape index (κ3) is 2.54. The van der Waals surface area contributed by atoms with E-state index in [2.05, 4.69) is 36.9 Å². The third-order valence-corrected chi connectivity index (χ3v) is 7.92. The average molecular weight is 356 g/mol. The van der Waals surface area contributed by atoms with Crippen molar-refractivity contribution in [1.29, 1.82) is 0 Å². The minimum atomic E-state index is 0.00225. The molecule has 0 N–H and O–H groups in total. The Balaban J connectivity index is 1.55. The van der Waals surface area contributed by atoms with Crippen LogP contribution >= 0.6 is 0 Å². The standard InChI is InChI=1S/C23H33NO2/c1-22(2)13-20-21-11-17-7-8-18(25-3)12-19(17)23(20,15-26-22)9-10-24(21)14-16-5-4-6-16/h7-8,12,16,20-21H,4-6,9-11,13-15H2,1-3H3/t20-,21+,23+/m0/s1. The fraction of sp³-hybridized carbons (Fsp3) is 0.739. The van der Waals surface area contributed by atoms with Crippen molar-refractivity contribution in [3.05, 3.63) is 29.3 Å². The van der Waals surface area contributed by atoms with Crippen LogP contribution in [0.5, 0.6) is 5.75 Å². The van der Waals surface area contributed by atoms with Gasteiger partial charge in [-0.3, -0.25) is 4.90 Å². The summed E-state index contributed by atoms with van der Waals surface area (Å²) >= 11 is 0. The Bertz CT molecular complexity index is 695. The van der Waals surface area contributed by atoms with Gasteiger partial charge in [0.2, 0.25) is 0 Å². The molecule has 2 saturated heterocycles. The summed E-state index contributed by atoms with van der Waals surface area (Å²) < 4.78 is 12.0. The summed E-state index contributed by atoms with van der Waals surface area (Å²) in [6, 6.07) is 7.48. The second-order valence-electron chi connectivity index (χ2n) is 9.85. The van der Waals surface area contributed by atoms with E-state index in [1.807, 2.05) is 0 Å². The summed E-state index contributed by atoms with van der Waals surface area (Å²) in [5.74, 6) is 2.66. The van der Waals surface area contributed by atoms with E-state index in [0.717, 1.165) is 18.3 Å². The minimum absolute atomic E-state index is 0.00225. The summed E-state index contributed by atoms with van der Waals surface area (Å²) in [5, 5.41) is 0. The van der Waals surface area contributed by atoms with Crippen molar-refractivity contribution in [2.45, 2.75) is 69.4 Å². The SMILES string of the molecule is COc1ccc2c(c1)[C@]13CCN(CC4CCC4)[C@H](C2)[C@@H]1CC(C)(C)OC3. The molecule has 1 aromatic carbocycles. The molecule has 5 rings (SSSR count). The summed E-state index contributed by atoms with van der Waals surface area (Å²) in [4.78, 5) is 2.86. The number of fused-ring (bicyclic) bond motifs is 1. The van der Waals surface area contributed by atoms with E-state index < -0.39 is 0 Å². The number of nitrogens with zero attached hydrogens (tertiary/aromatic N) is 1. The van der Waals surface area contributed by atoms with E-state index in [1.54, 1.807) is 7.11 Å². The van der Waals surface area contributed by atoms with Gasteiger partial charge in [-0.1, -0.05) is 12.5 Å². The van der Waals surface area contributed by atoms with Crippen LogP contribution in [0.4, 0.5) is 0 Å². The Labute approximate surface area is 158 Å². The molecule has 2 aliphatic heterocycles. The molecule has 2 bridgehead atoms. The zero-order valence-corrected chi connectivity index (χ0v) is 16.6. The van der Waals surface area contributed by atoms with E-state index in [1.165, 1.54) is 62.7 Å². The van der Waals surface area contributed by atoms with Gasteiger partial charge in [-0.2, -0.15) is 0 Å². The highest BCUT2D eigenvalue weighted by Gasteiger charge is 2.57. The van der Waals surface area contributed by atoms with Crippen LogP contribution < -0.4 is 4.74 Å². The minimum Gasteiger partial charge on any atom is -0.497 e. The van der Waals surface area contributed by atoms with Crippen LogP contribution in [0.1, 0.15) is 57.1 Å². The molecular weight excluding hydrogens is 322 g/mol.